The molecule has 0 spiro atoms. The summed E-state index contributed by atoms with van der Waals surface area (Å²) in [5, 5.41) is 3.43. The maximum absolute atomic E-state index is 5.76. The molecule has 1 N–H and O–H groups in total. The normalized spacial score (nSPS) is 11.1. The monoisotopic (exact) mass is 221 g/mol. The van der Waals surface area contributed by atoms with Crippen LogP contribution in [-0.4, -0.2) is 12.6 Å². The van der Waals surface area contributed by atoms with Crippen molar-refractivity contribution in [3.63, 3.8) is 0 Å². The lowest BCUT2D eigenvalue weighted by atomic mass is 10.2. The summed E-state index contributed by atoms with van der Waals surface area (Å²) in [7, 11) is 0. The van der Waals surface area contributed by atoms with Crippen molar-refractivity contribution in [3.05, 3.63) is 29.8 Å². The number of ether oxygens (including phenoxy) is 1. The van der Waals surface area contributed by atoms with Gasteiger partial charge >= 0.3 is 0 Å². The number of nitrogens with one attached hydrogen (secondary N) is 1. The summed E-state index contributed by atoms with van der Waals surface area (Å²) in [5.41, 5.74) is 1.23. The predicted octanol–water partition coefficient (Wildman–Crippen LogP) is 3.22. The van der Waals surface area contributed by atoms with Gasteiger partial charge in [-0.15, -0.1) is 0 Å². The van der Waals surface area contributed by atoms with Crippen LogP contribution in [0.2, 0.25) is 0 Å². The van der Waals surface area contributed by atoms with Crippen molar-refractivity contribution in [2.75, 3.05) is 6.54 Å². The van der Waals surface area contributed by atoms with Crippen LogP contribution in [0.1, 0.15) is 33.3 Å². The predicted molar refractivity (Wildman–Crippen MR) is 68.8 cm³/mol. The molecule has 0 fully saturated rings. The maximum Gasteiger partial charge on any atom is 0.124 e. The van der Waals surface area contributed by atoms with Crippen LogP contribution in [0.5, 0.6) is 5.75 Å². The number of rotatable bonds is 6. The lowest BCUT2D eigenvalue weighted by molar-refractivity contribution is 0.239. The number of para-hydroxylation sites is 1. The summed E-state index contributed by atoms with van der Waals surface area (Å²) in [6.45, 7) is 10.4. The lowest BCUT2D eigenvalue weighted by Gasteiger charge is -2.15. The minimum atomic E-state index is 0.228. The molecule has 0 atom stereocenters. The topological polar surface area (TPSA) is 21.3 Å². The highest BCUT2D eigenvalue weighted by Crippen LogP contribution is 2.19. The first-order valence-electron chi connectivity index (χ1n) is 6.05. The molecule has 0 saturated heterocycles. The molecule has 0 aliphatic rings. The first-order chi connectivity index (χ1) is 7.59. The third-order valence-electron chi connectivity index (χ3n) is 2.20. The molecule has 2 nitrogen and oxygen atoms in total. The van der Waals surface area contributed by atoms with E-state index in [-0.39, 0.29) is 6.10 Å². The zero-order valence-corrected chi connectivity index (χ0v) is 10.8. The van der Waals surface area contributed by atoms with Crippen LogP contribution in [-0.2, 0) is 6.54 Å². The molecule has 16 heavy (non-hydrogen) atoms. The molecule has 0 bridgehead atoms. The van der Waals surface area contributed by atoms with Crippen LogP contribution in [0.25, 0.3) is 0 Å². The minimum Gasteiger partial charge on any atom is -0.491 e. The van der Waals surface area contributed by atoms with Crippen LogP contribution < -0.4 is 10.1 Å². The first kappa shape index (κ1) is 13.0. The first-order valence-corrected chi connectivity index (χ1v) is 6.05. The molecule has 1 aromatic carbocycles. The molecule has 0 amide bonds. The summed E-state index contributed by atoms with van der Waals surface area (Å²) in [6.07, 6.45) is 0.228. The Morgan fingerprint density at radius 1 is 1.12 bits per heavy atom. The van der Waals surface area contributed by atoms with Gasteiger partial charge in [0.25, 0.3) is 0 Å². The van der Waals surface area contributed by atoms with Gasteiger partial charge in [-0.1, -0.05) is 32.0 Å². The SMILES string of the molecule is CC(C)CNCc1ccccc1OC(C)C. The second-order valence-corrected chi connectivity index (χ2v) is 4.80. The fourth-order valence-electron chi connectivity index (χ4n) is 1.51. The fourth-order valence-corrected chi connectivity index (χ4v) is 1.51. The Balaban J connectivity index is 2.56. The summed E-state index contributed by atoms with van der Waals surface area (Å²) in [4.78, 5) is 0. The highest BCUT2D eigenvalue weighted by molar-refractivity contribution is 5.33. The quantitative estimate of drug-likeness (QED) is 0.796. The number of benzene rings is 1. The van der Waals surface area contributed by atoms with Crippen molar-refractivity contribution < 1.29 is 4.74 Å². The zero-order valence-electron chi connectivity index (χ0n) is 10.8. The van der Waals surface area contributed by atoms with Gasteiger partial charge in [-0.2, -0.15) is 0 Å². The Bertz CT molecular complexity index is 307. The summed E-state index contributed by atoms with van der Waals surface area (Å²) in [5.74, 6) is 1.67. The van der Waals surface area contributed by atoms with Gasteiger partial charge in [0.15, 0.2) is 0 Å². The molecule has 0 aliphatic heterocycles. The molecule has 0 heterocycles. The van der Waals surface area contributed by atoms with Gasteiger partial charge in [-0.25, -0.2) is 0 Å². The number of hydrogen-bond donors (Lipinski definition) is 1. The lowest BCUT2D eigenvalue weighted by Crippen LogP contribution is -2.19. The molecule has 0 saturated carbocycles. The van der Waals surface area contributed by atoms with Gasteiger partial charge < -0.3 is 10.1 Å². The van der Waals surface area contributed by atoms with Crippen LogP contribution in [0.15, 0.2) is 24.3 Å². The van der Waals surface area contributed by atoms with E-state index in [0.29, 0.717) is 5.92 Å². The van der Waals surface area contributed by atoms with E-state index < -0.39 is 0 Å². The Hall–Kier alpha value is -1.02. The molecule has 0 aliphatic carbocycles. The average molecular weight is 221 g/mol. The molecule has 90 valence electrons. The van der Waals surface area contributed by atoms with Crippen molar-refractivity contribution in [2.45, 2.75) is 40.3 Å². The summed E-state index contributed by atoms with van der Waals surface area (Å²) >= 11 is 0. The largest absolute Gasteiger partial charge is 0.491 e. The fraction of sp³-hybridized carbons (Fsp3) is 0.571. The second kappa shape index (κ2) is 6.54. The van der Waals surface area contributed by atoms with Gasteiger partial charge in [-0.05, 0) is 32.4 Å². The van der Waals surface area contributed by atoms with E-state index in [4.69, 9.17) is 4.74 Å². The van der Waals surface area contributed by atoms with Gasteiger partial charge in [-0.3, -0.25) is 0 Å². The van der Waals surface area contributed by atoms with Gasteiger partial charge in [0.05, 0.1) is 6.10 Å². The van der Waals surface area contributed by atoms with Crippen molar-refractivity contribution in [2.24, 2.45) is 5.92 Å². The highest BCUT2D eigenvalue weighted by Gasteiger charge is 2.04. The van der Waals surface area contributed by atoms with Gasteiger partial charge in [0.1, 0.15) is 5.75 Å². The Kier molecular flexibility index (Phi) is 5.33. The zero-order chi connectivity index (χ0) is 12.0. The summed E-state index contributed by atoms with van der Waals surface area (Å²) in [6, 6.07) is 8.22. The van der Waals surface area contributed by atoms with Crippen molar-refractivity contribution in [1.82, 2.24) is 5.32 Å². The van der Waals surface area contributed by atoms with Gasteiger partial charge in [0.2, 0.25) is 0 Å². The van der Waals surface area contributed by atoms with Crippen LogP contribution in [0.4, 0.5) is 0 Å². The third kappa shape index (κ3) is 4.67. The summed E-state index contributed by atoms with van der Waals surface area (Å²) < 4.78 is 5.76. The molecule has 0 unspecified atom stereocenters. The molecule has 0 radical (unpaired) electrons. The van der Waals surface area contributed by atoms with Gasteiger partial charge in [0, 0.05) is 12.1 Å². The van der Waals surface area contributed by atoms with E-state index in [1.54, 1.807) is 0 Å². The minimum absolute atomic E-state index is 0.228. The molecular formula is C14H23NO. The third-order valence-corrected chi connectivity index (χ3v) is 2.20. The van der Waals surface area contributed by atoms with E-state index in [2.05, 4.69) is 45.1 Å². The standard InChI is InChI=1S/C14H23NO/c1-11(2)9-15-10-13-7-5-6-8-14(13)16-12(3)4/h5-8,11-12,15H,9-10H2,1-4H3. The molecule has 2 heteroatoms. The Morgan fingerprint density at radius 3 is 2.44 bits per heavy atom. The molecule has 1 rings (SSSR count). The molecular weight excluding hydrogens is 198 g/mol. The van der Waals surface area contributed by atoms with Crippen LogP contribution >= 0.6 is 0 Å². The van der Waals surface area contributed by atoms with Crippen LogP contribution in [0, 0.1) is 5.92 Å². The molecule has 0 aromatic heterocycles. The smallest absolute Gasteiger partial charge is 0.124 e. The van der Waals surface area contributed by atoms with E-state index in [0.717, 1.165) is 18.8 Å². The van der Waals surface area contributed by atoms with Crippen molar-refractivity contribution in [1.29, 1.82) is 0 Å². The van der Waals surface area contributed by atoms with E-state index >= 15 is 0 Å². The van der Waals surface area contributed by atoms with Crippen molar-refractivity contribution >= 4 is 0 Å². The van der Waals surface area contributed by atoms with E-state index in [9.17, 15) is 0 Å². The Labute approximate surface area is 99.0 Å². The number of hydrogen-bond acceptors (Lipinski definition) is 2. The van der Waals surface area contributed by atoms with Crippen molar-refractivity contribution in [3.8, 4) is 5.75 Å². The van der Waals surface area contributed by atoms with E-state index in [1.165, 1.54) is 5.56 Å². The molecule has 1 aromatic rings. The highest BCUT2D eigenvalue weighted by atomic mass is 16.5. The average Bonchev–Trinajstić information content (AvgIpc) is 2.19. The second-order valence-electron chi connectivity index (χ2n) is 4.80. The van der Waals surface area contributed by atoms with Crippen LogP contribution in [0.3, 0.4) is 0 Å². The maximum atomic E-state index is 5.76. The Morgan fingerprint density at radius 2 is 1.81 bits per heavy atom. The van der Waals surface area contributed by atoms with E-state index in [1.807, 2.05) is 12.1 Å².